The number of nitrogens with one attached hydrogen (secondary N) is 3. The maximum Gasteiger partial charge on any atom is 0.251 e. The highest BCUT2D eigenvalue weighted by Crippen LogP contribution is 2.61. The second-order valence-electron chi connectivity index (χ2n) is 13.7. The molecule has 5 N–H and O–H groups in total. The van der Waals surface area contributed by atoms with Gasteiger partial charge in [0.25, 0.3) is 11.8 Å². The highest BCUT2D eigenvalue weighted by Gasteiger charge is 2.57. The smallest absolute Gasteiger partial charge is 0.251 e. The van der Waals surface area contributed by atoms with E-state index in [9.17, 15) is 24.6 Å². The van der Waals surface area contributed by atoms with Crippen LogP contribution in [0.25, 0.3) is 11.1 Å². The zero-order valence-electron chi connectivity index (χ0n) is 27.8. The molecule has 4 aliphatic rings. The van der Waals surface area contributed by atoms with E-state index in [2.05, 4.69) is 36.7 Å². The van der Waals surface area contributed by atoms with E-state index in [-0.39, 0.29) is 42.3 Å². The van der Waals surface area contributed by atoms with Gasteiger partial charge in [0.2, 0.25) is 5.91 Å². The lowest BCUT2D eigenvalue weighted by Crippen LogP contribution is -2.62. The highest BCUT2D eigenvalue weighted by atomic mass is 16.7. The standard InChI is InChI=1S/C35H48N4O7/c1-18-26-14-24(35(26,3)4)15-27(18)38-34(44)30-29(19(2)41)28(17-40)46-39(30)16-20-9-8-10-25(31(20)45-7)21-11-22(32(42)36-5)13-23(12-21)33(43)37-6/h8-13,18-19,24,26-30,40-41H,14-17H2,1-7H3,(H,36,42)(H,37,43)(H,38,44)/t18-,19-,24+,26-,27-,28-,29+,30-/m0/s1. The molecule has 3 saturated carbocycles. The summed E-state index contributed by atoms with van der Waals surface area (Å²) in [6.07, 6.45) is 0.406. The molecule has 1 saturated heterocycles. The monoisotopic (exact) mass is 636 g/mol. The molecule has 3 amide bonds. The molecule has 46 heavy (non-hydrogen) atoms. The average molecular weight is 637 g/mol. The molecule has 3 aliphatic carbocycles. The van der Waals surface area contributed by atoms with Gasteiger partial charge in [-0.15, -0.1) is 0 Å². The first-order valence-corrected chi connectivity index (χ1v) is 16.1. The van der Waals surface area contributed by atoms with Gasteiger partial charge in [0.15, 0.2) is 0 Å². The van der Waals surface area contributed by atoms with Gasteiger partial charge in [-0.2, -0.15) is 5.06 Å². The van der Waals surface area contributed by atoms with Crippen molar-refractivity contribution >= 4 is 17.7 Å². The van der Waals surface area contributed by atoms with Crippen LogP contribution in [-0.2, 0) is 16.2 Å². The predicted octanol–water partition coefficient (Wildman–Crippen LogP) is 2.74. The molecule has 1 aliphatic heterocycles. The summed E-state index contributed by atoms with van der Waals surface area (Å²) in [6.45, 7) is 8.22. The molecular weight excluding hydrogens is 588 g/mol. The predicted molar refractivity (Wildman–Crippen MR) is 173 cm³/mol. The maximum atomic E-state index is 14.1. The normalized spacial score (nSPS) is 28.9. The van der Waals surface area contributed by atoms with Crippen molar-refractivity contribution < 1.29 is 34.2 Å². The summed E-state index contributed by atoms with van der Waals surface area (Å²) in [4.78, 5) is 45.5. The van der Waals surface area contributed by atoms with Crippen molar-refractivity contribution in [3.63, 3.8) is 0 Å². The van der Waals surface area contributed by atoms with Crippen LogP contribution in [0.3, 0.4) is 0 Å². The fourth-order valence-corrected chi connectivity index (χ4v) is 8.16. The number of ether oxygens (including phenoxy) is 1. The number of nitrogens with zero attached hydrogens (tertiary/aromatic N) is 1. The fraction of sp³-hybridized carbons (Fsp3) is 0.571. The van der Waals surface area contributed by atoms with Crippen LogP contribution in [0.2, 0.25) is 0 Å². The third-order valence-corrected chi connectivity index (χ3v) is 10.9. The first kappa shape index (κ1) is 33.8. The van der Waals surface area contributed by atoms with Gasteiger partial charge in [-0.25, -0.2) is 0 Å². The minimum Gasteiger partial charge on any atom is -0.496 e. The number of methoxy groups -OCH3 is 1. The van der Waals surface area contributed by atoms with Crippen molar-refractivity contribution in [1.82, 2.24) is 21.0 Å². The average Bonchev–Trinajstić information content (AvgIpc) is 3.42. The van der Waals surface area contributed by atoms with Crippen LogP contribution in [-0.4, -0.2) is 85.1 Å². The molecule has 8 atom stereocenters. The lowest BCUT2D eigenvalue weighted by Gasteiger charge is -2.62. The number of carbonyl (C=O) groups excluding carboxylic acids is 3. The summed E-state index contributed by atoms with van der Waals surface area (Å²) in [5.41, 5.74) is 2.82. The number of amides is 3. The lowest BCUT2D eigenvalue weighted by atomic mass is 9.45. The van der Waals surface area contributed by atoms with Crippen molar-refractivity contribution in [2.24, 2.45) is 29.1 Å². The molecule has 11 heteroatoms. The third kappa shape index (κ3) is 6.01. The number of rotatable bonds is 10. The number of fused-ring (bicyclic) bond motifs is 2. The summed E-state index contributed by atoms with van der Waals surface area (Å²) >= 11 is 0. The number of aliphatic hydroxyl groups excluding tert-OH is 2. The Morgan fingerprint density at radius 3 is 2.26 bits per heavy atom. The van der Waals surface area contributed by atoms with Gasteiger partial charge in [0, 0.05) is 48.3 Å². The third-order valence-electron chi connectivity index (χ3n) is 10.9. The molecule has 4 fully saturated rings. The Hall–Kier alpha value is -3.51. The molecule has 2 bridgehead atoms. The second kappa shape index (κ2) is 13.3. The molecule has 0 spiro atoms. The van der Waals surface area contributed by atoms with Gasteiger partial charge < -0.3 is 30.9 Å². The van der Waals surface area contributed by atoms with Crippen molar-refractivity contribution in [1.29, 1.82) is 0 Å². The number of benzene rings is 2. The fourth-order valence-electron chi connectivity index (χ4n) is 8.16. The van der Waals surface area contributed by atoms with Crippen LogP contribution in [0.1, 0.15) is 66.8 Å². The van der Waals surface area contributed by atoms with Crippen molar-refractivity contribution in [3.8, 4) is 16.9 Å². The van der Waals surface area contributed by atoms with Crippen LogP contribution in [0.4, 0.5) is 0 Å². The van der Waals surface area contributed by atoms with Crippen LogP contribution in [0.15, 0.2) is 36.4 Å². The summed E-state index contributed by atoms with van der Waals surface area (Å²) in [6, 6.07) is 9.59. The van der Waals surface area contributed by atoms with Gasteiger partial charge >= 0.3 is 0 Å². The molecule has 250 valence electrons. The molecule has 0 aromatic heterocycles. The van der Waals surface area contributed by atoms with Gasteiger partial charge in [-0.3, -0.25) is 19.2 Å². The van der Waals surface area contributed by atoms with Crippen molar-refractivity contribution in [2.75, 3.05) is 27.8 Å². The lowest BCUT2D eigenvalue weighted by molar-refractivity contribution is -0.183. The number of hydrogen-bond acceptors (Lipinski definition) is 8. The Labute approximate surface area is 271 Å². The number of aliphatic hydroxyl groups is 2. The summed E-state index contributed by atoms with van der Waals surface area (Å²) in [7, 11) is 4.58. The van der Waals surface area contributed by atoms with Gasteiger partial charge in [0.1, 0.15) is 17.9 Å². The quantitative estimate of drug-likeness (QED) is 0.267. The molecule has 2 aromatic carbocycles. The molecule has 2 aromatic rings. The zero-order valence-corrected chi connectivity index (χ0v) is 27.8. The Morgan fingerprint density at radius 2 is 1.74 bits per heavy atom. The van der Waals surface area contributed by atoms with Gasteiger partial charge in [0.05, 0.1) is 26.4 Å². The van der Waals surface area contributed by atoms with Crippen LogP contribution in [0.5, 0.6) is 5.75 Å². The molecule has 6 rings (SSSR count). The molecule has 1 heterocycles. The number of carbonyl (C=O) groups is 3. The Morgan fingerprint density at radius 1 is 1.09 bits per heavy atom. The minimum atomic E-state index is -0.919. The first-order chi connectivity index (χ1) is 21.9. The van der Waals surface area contributed by atoms with E-state index in [1.165, 1.54) is 33.7 Å². The van der Waals surface area contributed by atoms with E-state index in [0.29, 0.717) is 51.3 Å². The van der Waals surface area contributed by atoms with E-state index in [0.717, 1.165) is 6.42 Å². The van der Waals surface area contributed by atoms with Crippen molar-refractivity contribution in [3.05, 3.63) is 53.1 Å². The summed E-state index contributed by atoms with van der Waals surface area (Å²) in [5.74, 6) is 0.327. The number of hydrogen-bond donors (Lipinski definition) is 5. The minimum absolute atomic E-state index is 0.0222. The van der Waals surface area contributed by atoms with Crippen molar-refractivity contribution in [2.45, 2.75) is 71.4 Å². The highest BCUT2D eigenvalue weighted by molar-refractivity contribution is 6.01. The Kier molecular flexibility index (Phi) is 9.79. The summed E-state index contributed by atoms with van der Waals surface area (Å²) in [5, 5.41) is 31.1. The SMILES string of the molecule is CNC(=O)c1cc(C(=O)NC)cc(-c2cccc(CN3O[C@@H](CO)[C@@H]([C@H](C)O)[C@H]3C(=O)N[C@H]3C[C@H]4C[C@@H]([C@@H]3C)C4(C)C)c2OC)c1. The molecule has 11 nitrogen and oxygen atoms in total. The molecular formula is C35H48N4O7. The van der Waals surface area contributed by atoms with Crippen LogP contribution < -0.4 is 20.7 Å². The van der Waals surface area contributed by atoms with E-state index in [4.69, 9.17) is 9.57 Å². The summed E-state index contributed by atoms with van der Waals surface area (Å²) < 4.78 is 5.91. The van der Waals surface area contributed by atoms with E-state index in [1.807, 2.05) is 18.2 Å². The molecule has 0 radical (unpaired) electrons. The Balaban J connectivity index is 1.47. The first-order valence-electron chi connectivity index (χ1n) is 16.1. The van der Waals surface area contributed by atoms with Gasteiger partial charge in [-0.05, 0) is 66.7 Å². The van der Waals surface area contributed by atoms with Crippen LogP contribution in [0, 0.1) is 29.1 Å². The number of para-hydroxylation sites is 1. The van der Waals surface area contributed by atoms with E-state index >= 15 is 0 Å². The van der Waals surface area contributed by atoms with Gasteiger partial charge in [-0.1, -0.05) is 39.0 Å². The second-order valence-corrected chi connectivity index (χ2v) is 13.7. The topological polar surface area (TPSA) is 149 Å². The largest absolute Gasteiger partial charge is 0.496 e. The van der Waals surface area contributed by atoms with E-state index < -0.39 is 24.2 Å². The van der Waals surface area contributed by atoms with E-state index in [1.54, 1.807) is 24.1 Å². The maximum absolute atomic E-state index is 14.1. The number of hydroxylamine groups is 2. The molecule has 0 unspecified atom stereocenters. The Bertz CT molecular complexity index is 1440. The van der Waals surface area contributed by atoms with Crippen LogP contribution >= 0.6 is 0 Å². The zero-order chi connectivity index (χ0) is 33.5.